The molecule has 0 saturated heterocycles. The molecular formula is C40H48Hf. The smallest absolute Gasteiger partial charge is 0.501 e. The van der Waals surface area contributed by atoms with E-state index in [9.17, 15) is 0 Å². The fraction of sp³-hybridized carbons (Fsp3) is 0.325. The molecule has 0 nitrogen and oxygen atoms in total. The van der Waals surface area contributed by atoms with Crippen LogP contribution in [0, 0.1) is 18.9 Å². The third kappa shape index (κ3) is 10.9. The number of hydrogen-bond acceptors (Lipinski definition) is 0. The topological polar surface area (TPSA) is 0 Å². The first-order valence-corrected chi connectivity index (χ1v) is 14.7. The van der Waals surface area contributed by atoms with Crippen molar-refractivity contribution in [3.63, 3.8) is 0 Å². The van der Waals surface area contributed by atoms with E-state index >= 15 is 0 Å². The minimum atomic E-state index is 0. The molecule has 5 aromatic rings. The second-order valence-electron chi connectivity index (χ2n) is 12.9. The third-order valence-electron chi connectivity index (χ3n) is 7.48. The van der Waals surface area contributed by atoms with Gasteiger partial charge < -0.3 is 6.08 Å². The monoisotopic (exact) mass is 708 g/mol. The Bertz CT molecular complexity index is 1330. The van der Waals surface area contributed by atoms with Gasteiger partial charge in [-0.2, -0.15) is 48.7 Å². The van der Waals surface area contributed by atoms with Crippen LogP contribution < -0.4 is 0 Å². The Balaban J connectivity index is 0.000000238. The van der Waals surface area contributed by atoms with Crippen LogP contribution in [0.25, 0.3) is 21.5 Å². The number of allylic oxidation sites excluding steroid dienone is 1. The van der Waals surface area contributed by atoms with Crippen LogP contribution in [0.2, 0.25) is 0 Å². The zero-order chi connectivity index (χ0) is 29.2. The van der Waals surface area contributed by atoms with Crippen molar-refractivity contribution in [2.45, 2.75) is 78.1 Å². The molecule has 0 N–H and O–H groups in total. The summed E-state index contributed by atoms with van der Waals surface area (Å²) in [6.45, 7) is 21.0. The second-order valence-corrected chi connectivity index (χ2v) is 12.9. The maximum Gasteiger partial charge on any atom is 4.00 e. The first-order valence-electron chi connectivity index (χ1n) is 14.7. The molecule has 1 saturated carbocycles. The molecule has 6 rings (SSSR count). The molecule has 0 heterocycles. The van der Waals surface area contributed by atoms with Gasteiger partial charge in [-0.25, -0.2) is 12.1 Å². The van der Waals surface area contributed by atoms with Crippen molar-refractivity contribution in [1.82, 2.24) is 0 Å². The molecule has 1 aliphatic rings. The van der Waals surface area contributed by atoms with E-state index in [4.69, 9.17) is 0 Å². The predicted octanol–water partition coefficient (Wildman–Crippen LogP) is 11.7. The quantitative estimate of drug-likeness (QED) is 0.120. The summed E-state index contributed by atoms with van der Waals surface area (Å²) in [5, 5.41) is 5.48. The van der Waals surface area contributed by atoms with Crippen LogP contribution in [0.3, 0.4) is 0 Å². The minimum Gasteiger partial charge on any atom is -0.501 e. The number of hydrogen-bond donors (Lipinski definition) is 0. The van der Waals surface area contributed by atoms with Crippen LogP contribution in [-0.4, -0.2) is 0 Å². The first-order chi connectivity index (χ1) is 19.0. The Labute approximate surface area is 269 Å². The van der Waals surface area contributed by atoms with Crippen LogP contribution in [0.1, 0.15) is 83.9 Å². The van der Waals surface area contributed by atoms with Gasteiger partial charge in [-0.05, 0) is 10.8 Å². The summed E-state index contributed by atoms with van der Waals surface area (Å²) < 4.78 is 0. The maximum atomic E-state index is 3.72. The largest absolute Gasteiger partial charge is 4.00 e. The van der Waals surface area contributed by atoms with Crippen molar-refractivity contribution in [2.75, 3.05) is 0 Å². The van der Waals surface area contributed by atoms with Crippen LogP contribution in [0.4, 0.5) is 0 Å². The summed E-state index contributed by atoms with van der Waals surface area (Å²) >= 11 is 0. The Morgan fingerprint density at radius 1 is 0.707 bits per heavy atom. The zero-order valence-electron chi connectivity index (χ0n) is 26.1. The molecule has 0 amide bonds. The fourth-order valence-corrected chi connectivity index (χ4v) is 4.88. The number of fused-ring (bicyclic) bond motifs is 3. The first kappa shape index (κ1) is 34.6. The van der Waals surface area contributed by atoms with Gasteiger partial charge in [0.2, 0.25) is 0 Å². The number of benzene rings is 3. The molecule has 0 aromatic heterocycles. The van der Waals surface area contributed by atoms with Gasteiger partial charge >= 0.3 is 25.8 Å². The molecule has 0 atom stereocenters. The van der Waals surface area contributed by atoms with Crippen LogP contribution in [0.15, 0.2) is 110 Å². The molecule has 212 valence electrons. The van der Waals surface area contributed by atoms with Gasteiger partial charge in [0, 0.05) is 0 Å². The molecule has 5 aromatic carbocycles. The van der Waals surface area contributed by atoms with Crippen LogP contribution >= 0.6 is 0 Å². The van der Waals surface area contributed by atoms with Gasteiger partial charge in [-0.1, -0.05) is 109 Å². The van der Waals surface area contributed by atoms with E-state index in [0.29, 0.717) is 0 Å². The third-order valence-corrected chi connectivity index (χ3v) is 7.48. The molecule has 0 bridgehead atoms. The molecule has 1 fully saturated rings. The normalized spacial score (nSPS) is 13.1. The number of rotatable bonds is 1. The van der Waals surface area contributed by atoms with Crippen molar-refractivity contribution in [3.8, 4) is 0 Å². The minimum absolute atomic E-state index is 0. The van der Waals surface area contributed by atoms with E-state index in [2.05, 4.69) is 104 Å². The summed E-state index contributed by atoms with van der Waals surface area (Å²) in [6.07, 6.45) is 8.48. The maximum absolute atomic E-state index is 3.72. The van der Waals surface area contributed by atoms with Gasteiger partial charge in [-0.15, -0.1) is 51.9 Å². The fourth-order valence-electron chi connectivity index (χ4n) is 4.88. The summed E-state index contributed by atoms with van der Waals surface area (Å²) in [5.41, 5.74) is 4.29. The van der Waals surface area contributed by atoms with Crippen molar-refractivity contribution >= 4 is 21.5 Å². The molecule has 0 aliphatic heterocycles. The average Bonchev–Trinajstić information content (AvgIpc) is 3.71. The molecule has 0 spiro atoms. The van der Waals surface area contributed by atoms with E-state index in [0.717, 1.165) is 11.5 Å². The van der Waals surface area contributed by atoms with E-state index in [1.54, 1.807) is 0 Å². The van der Waals surface area contributed by atoms with Crippen LogP contribution in [-0.2, 0) is 36.7 Å². The van der Waals surface area contributed by atoms with E-state index < -0.39 is 0 Å². The summed E-state index contributed by atoms with van der Waals surface area (Å²) in [4.78, 5) is 0. The summed E-state index contributed by atoms with van der Waals surface area (Å²) in [6, 6.07) is 36.1. The molecule has 1 heteroatoms. The summed E-state index contributed by atoms with van der Waals surface area (Å²) in [7, 11) is 0. The van der Waals surface area contributed by atoms with Crippen molar-refractivity contribution in [2.24, 2.45) is 5.92 Å². The van der Waals surface area contributed by atoms with Crippen molar-refractivity contribution < 1.29 is 25.8 Å². The summed E-state index contributed by atoms with van der Waals surface area (Å²) in [5.74, 6) is 0.736. The molecule has 1 aliphatic carbocycles. The average molecular weight is 707 g/mol. The molecule has 0 unspecified atom stereocenters. The Kier molecular flexibility index (Phi) is 13.6. The standard InChI is InChI=1S/C21H25.C7H7.C7H11.C5H5.Hf/c1-20(2,3)16-7-9-18-14(12-16)11-15-13-17(21(4,5)6)8-10-19(15)18;1-7-5-3-2-4-6-7;1-2-7-5-3-4-6-7;1-2-4-5-3-1;/h7-13H,1-6H3;2-6H,1H2;7H,1,3-6H2;1-5H;/q4*-1;+4. The van der Waals surface area contributed by atoms with Gasteiger partial charge in [0.25, 0.3) is 0 Å². The zero-order valence-corrected chi connectivity index (χ0v) is 29.7. The van der Waals surface area contributed by atoms with Crippen molar-refractivity contribution in [3.05, 3.63) is 139 Å². The predicted molar refractivity (Wildman–Crippen MR) is 178 cm³/mol. The van der Waals surface area contributed by atoms with Crippen molar-refractivity contribution in [1.29, 1.82) is 0 Å². The molecule has 0 radical (unpaired) electrons. The Morgan fingerprint density at radius 2 is 1.17 bits per heavy atom. The van der Waals surface area contributed by atoms with Gasteiger partial charge in [-0.3, -0.25) is 6.58 Å². The van der Waals surface area contributed by atoms with Gasteiger partial charge in [0.05, 0.1) is 0 Å². The Morgan fingerprint density at radius 3 is 1.46 bits per heavy atom. The van der Waals surface area contributed by atoms with E-state index in [-0.39, 0.29) is 36.7 Å². The SMILES string of the molecule is C=[C-]C1CCCC1.CC(C)(C)c1ccc2c(c1)[cH-]c1cc(C(C)(C)C)ccc12.[CH2-]c1ccccc1.[Hf+4].c1cc[cH-]c1. The van der Waals surface area contributed by atoms with Gasteiger partial charge in [0.1, 0.15) is 0 Å². The van der Waals surface area contributed by atoms with E-state index in [1.807, 2.05) is 60.7 Å². The molecule has 41 heavy (non-hydrogen) atoms. The van der Waals surface area contributed by atoms with Crippen LogP contribution in [0.5, 0.6) is 0 Å². The van der Waals surface area contributed by atoms with Gasteiger partial charge in [0.15, 0.2) is 0 Å². The van der Waals surface area contributed by atoms with E-state index in [1.165, 1.54) is 58.4 Å². The second kappa shape index (κ2) is 16.1. The Hall–Kier alpha value is -2.64. The molecular weight excluding hydrogens is 659 g/mol.